The van der Waals surface area contributed by atoms with Gasteiger partial charge in [-0.05, 0) is 19.1 Å². The van der Waals surface area contributed by atoms with Crippen molar-refractivity contribution < 1.29 is 0 Å². The third-order valence-corrected chi connectivity index (χ3v) is 4.84. The van der Waals surface area contributed by atoms with E-state index in [2.05, 4.69) is 35.2 Å². The van der Waals surface area contributed by atoms with Crippen molar-refractivity contribution in [1.82, 2.24) is 24.2 Å². The van der Waals surface area contributed by atoms with Gasteiger partial charge in [0.15, 0.2) is 0 Å². The Balaban J connectivity index is 1.39. The molecule has 1 fully saturated rings. The van der Waals surface area contributed by atoms with Crippen LogP contribution in [-0.4, -0.2) is 50.4 Å². The first kappa shape index (κ1) is 13.7. The van der Waals surface area contributed by atoms with E-state index >= 15 is 0 Å². The van der Waals surface area contributed by atoms with Gasteiger partial charge in [0, 0.05) is 37.7 Å². The molecule has 0 atom stereocenters. The summed E-state index contributed by atoms with van der Waals surface area (Å²) >= 11 is 1.49. The van der Waals surface area contributed by atoms with Crippen molar-refractivity contribution in [3.05, 3.63) is 35.9 Å². The lowest BCUT2D eigenvalue weighted by atomic mass is 10.3. The number of piperazine rings is 1. The van der Waals surface area contributed by atoms with Crippen LogP contribution in [0.15, 0.2) is 24.3 Å². The van der Waals surface area contributed by atoms with E-state index in [4.69, 9.17) is 0 Å². The molecule has 3 heterocycles. The molecule has 2 aromatic heterocycles. The second-order valence-corrected chi connectivity index (χ2v) is 6.32. The Labute approximate surface area is 133 Å². The number of hydrogen-bond donors (Lipinski definition) is 1. The van der Waals surface area contributed by atoms with Gasteiger partial charge in [0.05, 0.1) is 17.6 Å². The molecular formula is C15H18N6S. The van der Waals surface area contributed by atoms with Gasteiger partial charge in [-0.25, -0.2) is 9.97 Å². The fraction of sp³-hybridized carbons (Fsp3) is 0.400. The summed E-state index contributed by atoms with van der Waals surface area (Å²) in [5.74, 6) is 1.91. The maximum Gasteiger partial charge on any atom is 0.205 e. The third kappa shape index (κ3) is 2.69. The fourth-order valence-electron chi connectivity index (χ4n) is 2.80. The number of hydrogen-bond acceptors (Lipinski definition) is 6. The Morgan fingerprint density at radius 2 is 1.95 bits per heavy atom. The number of benzene rings is 1. The topological polar surface area (TPSA) is 60.9 Å². The van der Waals surface area contributed by atoms with E-state index in [1.807, 2.05) is 25.1 Å². The molecule has 4 rings (SSSR count). The van der Waals surface area contributed by atoms with Crippen LogP contribution >= 0.6 is 11.5 Å². The smallest absolute Gasteiger partial charge is 0.205 e. The highest BCUT2D eigenvalue weighted by Crippen LogP contribution is 2.19. The van der Waals surface area contributed by atoms with E-state index in [-0.39, 0.29) is 0 Å². The summed E-state index contributed by atoms with van der Waals surface area (Å²) in [5, 5.41) is 1.04. The molecule has 114 valence electrons. The monoisotopic (exact) mass is 314 g/mol. The predicted octanol–water partition coefficient (Wildman–Crippen LogP) is 2.05. The molecule has 1 aliphatic heterocycles. The molecule has 1 aromatic carbocycles. The number of para-hydroxylation sites is 2. The molecule has 1 saturated heterocycles. The van der Waals surface area contributed by atoms with E-state index in [1.54, 1.807) is 0 Å². The number of aromatic nitrogens is 4. The van der Waals surface area contributed by atoms with Crippen LogP contribution in [-0.2, 0) is 6.54 Å². The largest absolute Gasteiger partial charge is 0.344 e. The van der Waals surface area contributed by atoms with Gasteiger partial charge in [0.2, 0.25) is 5.13 Å². The summed E-state index contributed by atoms with van der Waals surface area (Å²) in [6.07, 6.45) is 0. The highest BCUT2D eigenvalue weighted by Gasteiger charge is 2.20. The number of H-pyrrole nitrogens is 1. The molecule has 1 aliphatic rings. The molecule has 0 spiro atoms. The van der Waals surface area contributed by atoms with Crippen molar-refractivity contribution in [1.29, 1.82) is 0 Å². The maximum atomic E-state index is 4.66. The summed E-state index contributed by atoms with van der Waals surface area (Å²) < 4.78 is 4.26. The minimum Gasteiger partial charge on any atom is -0.344 e. The van der Waals surface area contributed by atoms with Crippen molar-refractivity contribution in [2.75, 3.05) is 31.1 Å². The van der Waals surface area contributed by atoms with Crippen LogP contribution in [0.1, 0.15) is 11.6 Å². The summed E-state index contributed by atoms with van der Waals surface area (Å²) in [5.41, 5.74) is 2.15. The minimum absolute atomic E-state index is 0.865. The standard InChI is InChI=1S/C15H18N6S/c1-11-16-15(22-19-11)21-8-6-20(7-9-21)10-14-17-12-4-2-3-5-13(12)18-14/h2-5H,6-10H2,1H3,(H,17,18). The Hall–Kier alpha value is -1.99. The zero-order chi connectivity index (χ0) is 14.9. The number of rotatable bonds is 3. The number of nitrogens with zero attached hydrogens (tertiary/aromatic N) is 5. The van der Waals surface area contributed by atoms with Crippen LogP contribution in [0.3, 0.4) is 0 Å². The van der Waals surface area contributed by atoms with Gasteiger partial charge in [-0.3, -0.25) is 4.90 Å². The molecule has 0 aliphatic carbocycles. The summed E-state index contributed by atoms with van der Waals surface area (Å²) in [6, 6.07) is 8.18. The van der Waals surface area contributed by atoms with E-state index in [0.29, 0.717) is 0 Å². The van der Waals surface area contributed by atoms with Crippen molar-refractivity contribution in [2.24, 2.45) is 0 Å². The lowest BCUT2D eigenvalue weighted by Crippen LogP contribution is -2.46. The number of aryl methyl sites for hydroxylation is 1. The molecule has 0 saturated carbocycles. The Morgan fingerprint density at radius 3 is 2.68 bits per heavy atom. The maximum absolute atomic E-state index is 4.66. The van der Waals surface area contributed by atoms with E-state index < -0.39 is 0 Å². The van der Waals surface area contributed by atoms with Crippen molar-refractivity contribution >= 4 is 27.7 Å². The van der Waals surface area contributed by atoms with Gasteiger partial charge in [0.25, 0.3) is 0 Å². The molecule has 0 unspecified atom stereocenters. The van der Waals surface area contributed by atoms with E-state index in [1.165, 1.54) is 11.5 Å². The van der Waals surface area contributed by atoms with Crippen LogP contribution in [0.4, 0.5) is 5.13 Å². The van der Waals surface area contributed by atoms with E-state index in [0.717, 1.165) is 60.5 Å². The van der Waals surface area contributed by atoms with Gasteiger partial charge in [0.1, 0.15) is 11.6 Å². The molecule has 0 bridgehead atoms. The zero-order valence-corrected chi connectivity index (χ0v) is 13.3. The number of aromatic amines is 1. The van der Waals surface area contributed by atoms with Crippen molar-refractivity contribution in [3.63, 3.8) is 0 Å². The molecule has 22 heavy (non-hydrogen) atoms. The average Bonchev–Trinajstić information content (AvgIpc) is 3.13. The molecule has 0 radical (unpaired) electrons. The predicted molar refractivity (Wildman–Crippen MR) is 88.2 cm³/mol. The highest BCUT2D eigenvalue weighted by atomic mass is 32.1. The normalized spacial score (nSPS) is 16.5. The zero-order valence-electron chi connectivity index (χ0n) is 12.5. The van der Waals surface area contributed by atoms with Crippen LogP contribution in [0.25, 0.3) is 11.0 Å². The second-order valence-electron chi connectivity index (χ2n) is 5.59. The van der Waals surface area contributed by atoms with Crippen LogP contribution in [0.5, 0.6) is 0 Å². The first-order valence-electron chi connectivity index (χ1n) is 7.49. The Bertz CT molecular complexity index is 738. The van der Waals surface area contributed by atoms with Gasteiger partial charge >= 0.3 is 0 Å². The van der Waals surface area contributed by atoms with Gasteiger partial charge in [-0.2, -0.15) is 4.37 Å². The lowest BCUT2D eigenvalue weighted by Gasteiger charge is -2.33. The number of fused-ring (bicyclic) bond motifs is 1. The van der Waals surface area contributed by atoms with Crippen molar-refractivity contribution in [3.8, 4) is 0 Å². The number of anilines is 1. The summed E-state index contributed by atoms with van der Waals surface area (Å²) in [6.45, 7) is 6.85. The molecule has 7 heteroatoms. The third-order valence-electron chi connectivity index (χ3n) is 3.97. The first-order chi connectivity index (χ1) is 10.8. The second kappa shape index (κ2) is 5.66. The quantitative estimate of drug-likeness (QED) is 0.802. The van der Waals surface area contributed by atoms with Crippen molar-refractivity contribution in [2.45, 2.75) is 13.5 Å². The number of imidazole rings is 1. The fourth-order valence-corrected chi connectivity index (χ4v) is 3.53. The molecular weight excluding hydrogens is 296 g/mol. The average molecular weight is 314 g/mol. The van der Waals surface area contributed by atoms with E-state index in [9.17, 15) is 0 Å². The Morgan fingerprint density at radius 1 is 1.14 bits per heavy atom. The summed E-state index contributed by atoms with van der Waals surface area (Å²) in [7, 11) is 0. The minimum atomic E-state index is 0.865. The van der Waals surface area contributed by atoms with Gasteiger partial charge in [-0.15, -0.1) is 0 Å². The molecule has 1 N–H and O–H groups in total. The van der Waals surface area contributed by atoms with Crippen LogP contribution < -0.4 is 4.90 Å². The van der Waals surface area contributed by atoms with Gasteiger partial charge in [-0.1, -0.05) is 12.1 Å². The van der Waals surface area contributed by atoms with Gasteiger partial charge < -0.3 is 9.88 Å². The number of nitrogens with one attached hydrogen (secondary N) is 1. The molecule has 6 nitrogen and oxygen atoms in total. The first-order valence-corrected chi connectivity index (χ1v) is 8.26. The lowest BCUT2D eigenvalue weighted by molar-refractivity contribution is 0.245. The molecule has 0 amide bonds. The molecule has 3 aromatic rings. The van der Waals surface area contributed by atoms with Crippen LogP contribution in [0.2, 0.25) is 0 Å². The Kier molecular flexibility index (Phi) is 3.51. The summed E-state index contributed by atoms with van der Waals surface area (Å²) in [4.78, 5) is 17.3. The van der Waals surface area contributed by atoms with Crippen LogP contribution in [0, 0.1) is 6.92 Å². The SMILES string of the molecule is Cc1nsc(N2CCN(Cc3nc4ccccc4[nH]3)CC2)n1. The highest BCUT2D eigenvalue weighted by molar-refractivity contribution is 7.09.